The van der Waals surface area contributed by atoms with E-state index in [9.17, 15) is 4.21 Å². The SMILES string of the molecule is CCN1CCC(CCNC(=NC)NC2CCCC(S(=O)CC)C2)CC1. The minimum absolute atomic E-state index is 0.359. The fourth-order valence-electron chi connectivity index (χ4n) is 4.12. The molecule has 1 aliphatic heterocycles. The Kier molecular flexibility index (Phi) is 9.24. The number of nitrogens with zero attached hydrogens (tertiary/aromatic N) is 2. The molecular formula is C19H38N4OS. The van der Waals surface area contributed by atoms with Crippen molar-refractivity contribution in [1.82, 2.24) is 15.5 Å². The highest BCUT2D eigenvalue weighted by Crippen LogP contribution is 2.23. The molecule has 2 aliphatic rings. The predicted molar refractivity (Wildman–Crippen MR) is 109 cm³/mol. The molecular weight excluding hydrogens is 332 g/mol. The van der Waals surface area contributed by atoms with E-state index in [1.54, 1.807) is 0 Å². The summed E-state index contributed by atoms with van der Waals surface area (Å²) in [5, 5.41) is 7.42. The standard InChI is InChI=1S/C19H38N4OS/c1-4-23-13-10-16(11-14-23)9-12-21-19(20-3)22-17-7-6-8-18(15-17)25(24)5-2/h16-18H,4-15H2,1-3H3,(H2,20,21,22). The van der Waals surface area contributed by atoms with E-state index in [-0.39, 0.29) is 0 Å². The van der Waals surface area contributed by atoms with Crippen molar-refractivity contribution in [2.45, 2.75) is 70.1 Å². The van der Waals surface area contributed by atoms with Crippen LogP contribution < -0.4 is 10.6 Å². The van der Waals surface area contributed by atoms with Gasteiger partial charge in [0.25, 0.3) is 0 Å². The van der Waals surface area contributed by atoms with Crippen LogP contribution in [0.3, 0.4) is 0 Å². The fourth-order valence-corrected chi connectivity index (χ4v) is 5.47. The molecule has 0 bridgehead atoms. The average Bonchev–Trinajstić information content (AvgIpc) is 2.67. The summed E-state index contributed by atoms with van der Waals surface area (Å²) >= 11 is 0. The number of hydrogen-bond donors (Lipinski definition) is 2. The van der Waals surface area contributed by atoms with Crippen molar-refractivity contribution in [2.24, 2.45) is 10.9 Å². The van der Waals surface area contributed by atoms with Gasteiger partial charge in [-0.3, -0.25) is 9.20 Å². The summed E-state index contributed by atoms with van der Waals surface area (Å²) in [4.78, 5) is 6.94. The van der Waals surface area contributed by atoms with Crippen molar-refractivity contribution in [3.63, 3.8) is 0 Å². The van der Waals surface area contributed by atoms with Gasteiger partial charge in [0.05, 0.1) is 0 Å². The number of likely N-dealkylation sites (tertiary alicyclic amines) is 1. The lowest BCUT2D eigenvalue weighted by Crippen LogP contribution is -2.47. The summed E-state index contributed by atoms with van der Waals surface area (Å²) < 4.78 is 12.1. The Morgan fingerprint density at radius 1 is 1.20 bits per heavy atom. The lowest BCUT2D eigenvalue weighted by molar-refractivity contribution is 0.187. The molecule has 2 N–H and O–H groups in total. The van der Waals surface area contributed by atoms with Crippen molar-refractivity contribution in [3.05, 3.63) is 0 Å². The van der Waals surface area contributed by atoms with Gasteiger partial charge in [-0.1, -0.05) is 20.3 Å². The van der Waals surface area contributed by atoms with E-state index in [4.69, 9.17) is 0 Å². The summed E-state index contributed by atoms with van der Waals surface area (Å²) in [6, 6.07) is 0.410. The highest BCUT2D eigenvalue weighted by atomic mass is 32.2. The Hall–Kier alpha value is -0.620. The van der Waals surface area contributed by atoms with E-state index in [0.29, 0.717) is 11.3 Å². The second kappa shape index (κ2) is 11.2. The second-order valence-electron chi connectivity index (χ2n) is 7.46. The van der Waals surface area contributed by atoms with Crippen molar-refractivity contribution in [1.29, 1.82) is 0 Å². The topological polar surface area (TPSA) is 56.7 Å². The zero-order chi connectivity index (χ0) is 18.1. The third-order valence-electron chi connectivity index (χ3n) is 5.85. The number of hydrogen-bond acceptors (Lipinski definition) is 3. The maximum Gasteiger partial charge on any atom is 0.191 e. The summed E-state index contributed by atoms with van der Waals surface area (Å²) in [6.45, 7) is 8.97. The molecule has 0 radical (unpaired) electrons. The monoisotopic (exact) mass is 370 g/mol. The zero-order valence-corrected chi connectivity index (χ0v) is 17.2. The largest absolute Gasteiger partial charge is 0.356 e. The van der Waals surface area contributed by atoms with Crippen LogP contribution in [-0.4, -0.2) is 65.3 Å². The molecule has 0 aromatic heterocycles. The highest BCUT2D eigenvalue weighted by Gasteiger charge is 2.26. The van der Waals surface area contributed by atoms with Crippen LogP contribution in [0.1, 0.15) is 58.8 Å². The van der Waals surface area contributed by atoms with Crippen molar-refractivity contribution < 1.29 is 4.21 Å². The van der Waals surface area contributed by atoms with Crippen LogP contribution in [0.2, 0.25) is 0 Å². The third kappa shape index (κ3) is 6.89. The second-order valence-corrected chi connectivity index (χ2v) is 9.47. The number of rotatable bonds is 7. The van der Waals surface area contributed by atoms with Gasteiger partial charge in [-0.2, -0.15) is 0 Å². The van der Waals surface area contributed by atoms with E-state index in [1.807, 2.05) is 14.0 Å². The van der Waals surface area contributed by atoms with E-state index in [1.165, 1.54) is 45.3 Å². The molecule has 0 amide bonds. The van der Waals surface area contributed by atoms with Crippen LogP contribution >= 0.6 is 0 Å². The Labute approximate surface area is 156 Å². The Morgan fingerprint density at radius 3 is 2.60 bits per heavy atom. The molecule has 146 valence electrons. The van der Waals surface area contributed by atoms with Gasteiger partial charge in [0.15, 0.2) is 5.96 Å². The van der Waals surface area contributed by atoms with Crippen LogP contribution in [0, 0.1) is 5.92 Å². The molecule has 0 aromatic rings. The summed E-state index contributed by atoms with van der Waals surface area (Å²) in [6.07, 6.45) is 8.33. The van der Waals surface area contributed by atoms with Gasteiger partial charge in [-0.15, -0.1) is 0 Å². The number of nitrogens with one attached hydrogen (secondary N) is 2. The van der Waals surface area contributed by atoms with Crippen LogP contribution in [0.5, 0.6) is 0 Å². The molecule has 0 aromatic carbocycles. The maximum atomic E-state index is 12.1. The highest BCUT2D eigenvalue weighted by molar-refractivity contribution is 7.85. The Bertz CT molecular complexity index is 435. The first-order chi connectivity index (χ1) is 12.2. The average molecular weight is 371 g/mol. The number of aliphatic imine (C=N–C) groups is 1. The first kappa shape index (κ1) is 20.7. The van der Waals surface area contributed by atoms with Gasteiger partial charge < -0.3 is 15.5 Å². The van der Waals surface area contributed by atoms with Gasteiger partial charge in [0.1, 0.15) is 0 Å². The molecule has 1 saturated carbocycles. The summed E-state index contributed by atoms with van der Waals surface area (Å²) in [5.41, 5.74) is 0. The lowest BCUT2D eigenvalue weighted by Gasteiger charge is -2.32. The van der Waals surface area contributed by atoms with Crippen molar-refractivity contribution in [3.8, 4) is 0 Å². The third-order valence-corrected chi connectivity index (χ3v) is 7.59. The number of piperidine rings is 1. The fraction of sp³-hybridized carbons (Fsp3) is 0.947. The summed E-state index contributed by atoms with van der Waals surface area (Å²) in [5.74, 6) is 2.54. The van der Waals surface area contributed by atoms with Crippen molar-refractivity contribution in [2.75, 3.05) is 39.0 Å². The molecule has 3 unspecified atom stereocenters. The summed E-state index contributed by atoms with van der Waals surface area (Å²) in [7, 11) is 1.18. The van der Waals surface area contributed by atoms with Crippen LogP contribution in [0.4, 0.5) is 0 Å². The minimum Gasteiger partial charge on any atom is -0.356 e. The van der Waals surface area contributed by atoms with Crippen LogP contribution in [0.15, 0.2) is 4.99 Å². The molecule has 1 saturated heterocycles. The minimum atomic E-state index is -0.668. The van der Waals surface area contributed by atoms with Crippen LogP contribution in [-0.2, 0) is 10.8 Å². The molecule has 6 heteroatoms. The van der Waals surface area contributed by atoms with Crippen molar-refractivity contribution >= 4 is 16.8 Å². The molecule has 5 nitrogen and oxygen atoms in total. The molecule has 2 rings (SSSR count). The maximum absolute atomic E-state index is 12.1. The Balaban J connectivity index is 1.67. The van der Waals surface area contributed by atoms with Gasteiger partial charge in [0, 0.05) is 41.4 Å². The van der Waals surface area contributed by atoms with E-state index in [0.717, 1.165) is 43.4 Å². The molecule has 3 atom stereocenters. The van der Waals surface area contributed by atoms with E-state index < -0.39 is 10.8 Å². The molecule has 25 heavy (non-hydrogen) atoms. The van der Waals surface area contributed by atoms with Gasteiger partial charge in [0.2, 0.25) is 0 Å². The zero-order valence-electron chi connectivity index (χ0n) is 16.4. The Morgan fingerprint density at radius 2 is 1.96 bits per heavy atom. The van der Waals surface area contributed by atoms with Crippen LogP contribution in [0.25, 0.3) is 0 Å². The molecule has 1 aliphatic carbocycles. The van der Waals surface area contributed by atoms with Gasteiger partial charge >= 0.3 is 0 Å². The lowest BCUT2D eigenvalue weighted by atomic mass is 9.93. The predicted octanol–water partition coefficient (Wildman–Crippen LogP) is 2.35. The normalized spacial score (nSPS) is 27.9. The molecule has 2 fully saturated rings. The molecule has 1 heterocycles. The van der Waals surface area contributed by atoms with Gasteiger partial charge in [-0.05, 0) is 64.1 Å². The smallest absolute Gasteiger partial charge is 0.191 e. The first-order valence-electron chi connectivity index (χ1n) is 10.2. The number of guanidine groups is 1. The first-order valence-corrected chi connectivity index (χ1v) is 11.6. The van der Waals surface area contributed by atoms with Gasteiger partial charge in [-0.25, -0.2) is 0 Å². The quantitative estimate of drug-likeness (QED) is 0.533. The van der Waals surface area contributed by atoms with E-state index in [2.05, 4.69) is 27.4 Å². The van der Waals surface area contributed by atoms with E-state index >= 15 is 0 Å². The molecule has 0 spiro atoms.